The van der Waals surface area contributed by atoms with Gasteiger partial charge in [0.15, 0.2) is 17.5 Å². The smallest absolute Gasteiger partial charge is 0.166 e. The van der Waals surface area contributed by atoms with E-state index in [1.165, 1.54) is 36.5 Å². The molecule has 12 aromatic rings. The Labute approximate surface area is 350 Å². The van der Waals surface area contributed by atoms with Gasteiger partial charge in [-0.1, -0.05) is 176 Å². The molecule has 4 nitrogen and oxygen atoms in total. The van der Waals surface area contributed by atoms with E-state index in [1.54, 1.807) is 0 Å². The molecule has 3 heterocycles. The Balaban J connectivity index is 1.15. The minimum absolute atomic E-state index is 0.614. The van der Waals surface area contributed by atoms with Crippen LogP contribution in [0.25, 0.3) is 115 Å². The summed E-state index contributed by atoms with van der Waals surface area (Å²) in [6, 6.07) is 73.2. The second kappa shape index (κ2) is 14.0. The van der Waals surface area contributed by atoms with Crippen molar-refractivity contribution in [3.05, 3.63) is 206 Å². The zero-order valence-corrected chi connectivity index (χ0v) is 33.1. The van der Waals surface area contributed by atoms with Crippen LogP contribution in [0.4, 0.5) is 0 Å². The van der Waals surface area contributed by atoms with Crippen molar-refractivity contribution in [1.29, 1.82) is 0 Å². The van der Waals surface area contributed by atoms with Gasteiger partial charge in [-0.3, -0.25) is 0 Å². The van der Waals surface area contributed by atoms with Gasteiger partial charge in [0.2, 0.25) is 0 Å². The molecule has 3 aromatic heterocycles. The largest absolute Gasteiger partial charge is 0.308 e. The van der Waals surface area contributed by atoms with Crippen molar-refractivity contribution < 1.29 is 0 Å². The number of benzene rings is 9. The molecule has 0 unspecified atom stereocenters. The summed E-state index contributed by atoms with van der Waals surface area (Å²) in [6.07, 6.45) is 0. The van der Waals surface area contributed by atoms with Crippen LogP contribution in [0.2, 0.25) is 0 Å². The Morgan fingerprint density at radius 1 is 0.333 bits per heavy atom. The summed E-state index contributed by atoms with van der Waals surface area (Å²) < 4.78 is 4.96. The first-order valence-electron chi connectivity index (χ1n) is 20.2. The van der Waals surface area contributed by atoms with Crippen LogP contribution in [0.15, 0.2) is 206 Å². The number of hydrogen-bond acceptors (Lipinski definition) is 4. The van der Waals surface area contributed by atoms with E-state index in [0.29, 0.717) is 17.5 Å². The van der Waals surface area contributed by atoms with E-state index < -0.39 is 0 Å². The molecular formula is C55H34N4S. The zero-order chi connectivity index (χ0) is 39.6. The highest BCUT2D eigenvalue weighted by atomic mass is 32.1. The van der Waals surface area contributed by atoms with E-state index in [-0.39, 0.29) is 0 Å². The van der Waals surface area contributed by atoms with Crippen molar-refractivity contribution in [2.45, 2.75) is 0 Å². The fourth-order valence-electron chi connectivity index (χ4n) is 8.94. The zero-order valence-electron chi connectivity index (χ0n) is 32.3. The molecule has 0 aliphatic carbocycles. The van der Waals surface area contributed by atoms with Crippen molar-refractivity contribution in [1.82, 2.24) is 19.5 Å². The van der Waals surface area contributed by atoms with Gasteiger partial charge in [0.1, 0.15) is 0 Å². The Hall–Kier alpha value is -7.73. The molecule has 0 saturated carbocycles. The lowest BCUT2D eigenvalue weighted by molar-refractivity contribution is 1.07. The van der Waals surface area contributed by atoms with Crippen molar-refractivity contribution >= 4 is 64.1 Å². The summed E-state index contributed by atoms with van der Waals surface area (Å²) in [6.45, 7) is 0. The van der Waals surface area contributed by atoms with Gasteiger partial charge in [-0.05, 0) is 63.4 Å². The first kappa shape index (κ1) is 34.3. The lowest BCUT2D eigenvalue weighted by Crippen LogP contribution is -2.05. The number of aromatic nitrogens is 4. The van der Waals surface area contributed by atoms with Crippen LogP contribution < -0.4 is 0 Å². The van der Waals surface area contributed by atoms with Gasteiger partial charge in [-0.2, -0.15) is 0 Å². The molecule has 12 rings (SSSR count). The molecule has 0 spiro atoms. The Bertz CT molecular complexity index is 3550. The highest BCUT2D eigenvalue weighted by Gasteiger charge is 2.24. The summed E-state index contributed by atoms with van der Waals surface area (Å²) in [5.74, 6) is 1.86. The van der Waals surface area contributed by atoms with Crippen LogP contribution in [0.3, 0.4) is 0 Å². The molecule has 0 saturated heterocycles. The molecule has 0 radical (unpaired) electrons. The highest BCUT2D eigenvalue weighted by molar-refractivity contribution is 7.26. The average Bonchev–Trinajstić information content (AvgIpc) is 3.88. The maximum Gasteiger partial charge on any atom is 0.166 e. The number of nitrogens with zero attached hydrogens (tertiary/aromatic N) is 4. The summed E-state index contributed by atoms with van der Waals surface area (Å²) in [5, 5.41) is 7.15. The van der Waals surface area contributed by atoms with Crippen LogP contribution in [-0.4, -0.2) is 19.5 Å². The third-order valence-corrected chi connectivity index (χ3v) is 12.9. The molecule has 0 bridgehead atoms. The first-order valence-corrected chi connectivity index (χ1v) is 21.0. The van der Waals surface area contributed by atoms with Crippen LogP contribution in [0.5, 0.6) is 0 Å². The predicted octanol–water partition coefficient (Wildman–Crippen LogP) is 14.8. The van der Waals surface area contributed by atoms with E-state index in [1.807, 2.05) is 29.5 Å². The normalized spacial score (nSPS) is 11.7. The Morgan fingerprint density at radius 2 is 0.850 bits per heavy atom. The van der Waals surface area contributed by atoms with Gasteiger partial charge < -0.3 is 4.57 Å². The molecule has 60 heavy (non-hydrogen) atoms. The van der Waals surface area contributed by atoms with Crippen LogP contribution in [0.1, 0.15) is 0 Å². The Morgan fingerprint density at radius 3 is 1.58 bits per heavy atom. The average molecular weight is 783 g/mol. The standard InChI is InChI=1S/C55H34N4S/c1-3-17-35(18-4-1)46-34-49(59-47-30-12-9-24-41(47)42-25-10-13-31-48(42)59)51(44-27-8-7-23-40(44)46)55-57-53(36-19-5-2-6-20-36)56-54(58-55)38-22-15-21-37(33-38)39-28-16-29-45-43-26-11-14-32-50(43)60-52(39)45/h1-34H. The number of thiophene rings is 1. The molecule has 0 aliphatic rings. The molecule has 0 aliphatic heterocycles. The van der Waals surface area contributed by atoms with Gasteiger partial charge in [0.05, 0.1) is 22.3 Å². The molecule has 9 aromatic carbocycles. The van der Waals surface area contributed by atoms with Gasteiger partial charge in [-0.15, -0.1) is 11.3 Å². The highest BCUT2D eigenvalue weighted by Crippen LogP contribution is 2.44. The summed E-state index contributed by atoms with van der Waals surface area (Å²) >= 11 is 1.84. The van der Waals surface area contributed by atoms with E-state index in [4.69, 9.17) is 15.0 Å². The molecule has 5 heteroatoms. The van der Waals surface area contributed by atoms with Crippen LogP contribution in [-0.2, 0) is 0 Å². The van der Waals surface area contributed by atoms with Gasteiger partial charge in [-0.25, -0.2) is 15.0 Å². The third-order valence-electron chi connectivity index (χ3n) is 11.7. The quantitative estimate of drug-likeness (QED) is 0.169. The van der Waals surface area contributed by atoms with Crippen LogP contribution in [0, 0.1) is 0 Å². The number of hydrogen-bond donors (Lipinski definition) is 0. The maximum atomic E-state index is 5.48. The molecule has 0 fully saturated rings. The topological polar surface area (TPSA) is 43.6 Å². The van der Waals surface area contributed by atoms with Crippen molar-refractivity contribution in [2.24, 2.45) is 0 Å². The van der Waals surface area contributed by atoms with Crippen molar-refractivity contribution in [2.75, 3.05) is 0 Å². The van der Waals surface area contributed by atoms with Gasteiger partial charge in [0, 0.05) is 42.1 Å². The second-order valence-electron chi connectivity index (χ2n) is 15.1. The fraction of sp³-hybridized carbons (Fsp3) is 0. The molecule has 0 N–H and O–H groups in total. The Kier molecular flexibility index (Phi) is 8.00. The lowest BCUT2D eigenvalue weighted by Gasteiger charge is -2.20. The molecule has 0 amide bonds. The summed E-state index contributed by atoms with van der Waals surface area (Å²) in [7, 11) is 0. The van der Waals surface area contributed by atoms with E-state index >= 15 is 0 Å². The van der Waals surface area contributed by atoms with E-state index in [0.717, 1.165) is 60.9 Å². The molecule has 280 valence electrons. The van der Waals surface area contributed by atoms with Gasteiger partial charge in [0.25, 0.3) is 0 Å². The monoisotopic (exact) mass is 782 g/mol. The van der Waals surface area contributed by atoms with Crippen LogP contribution >= 0.6 is 11.3 Å². The molecule has 0 atom stereocenters. The SMILES string of the molecule is c1ccc(-c2nc(-c3cccc(-c4cccc5c4sc4ccccc45)c3)nc(-c3c(-n4c5ccccc5c5ccccc54)cc(-c4ccccc4)c4ccccc34)n2)cc1. The van der Waals surface area contributed by atoms with Crippen molar-refractivity contribution in [3.8, 4) is 62.1 Å². The fourth-order valence-corrected chi connectivity index (χ4v) is 10.2. The maximum absolute atomic E-state index is 5.48. The van der Waals surface area contributed by atoms with Gasteiger partial charge >= 0.3 is 0 Å². The minimum atomic E-state index is 0.614. The minimum Gasteiger partial charge on any atom is -0.308 e. The third kappa shape index (κ3) is 5.55. The van der Waals surface area contributed by atoms with Crippen molar-refractivity contribution in [3.63, 3.8) is 0 Å². The first-order chi connectivity index (χ1) is 29.8. The number of fused-ring (bicyclic) bond motifs is 7. The number of para-hydroxylation sites is 2. The predicted molar refractivity (Wildman–Crippen MR) is 252 cm³/mol. The van der Waals surface area contributed by atoms with E-state index in [2.05, 4.69) is 193 Å². The number of rotatable bonds is 6. The summed E-state index contributed by atoms with van der Waals surface area (Å²) in [4.78, 5) is 16.1. The van der Waals surface area contributed by atoms with E-state index in [9.17, 15) is 0 Å². The lowest BCUT2D eigenvalue weighted by atomic mass is 9.92. The second-order valence-corrected chi connectivity index (χ2v) is 16.2. The summed E-state index contributed by atoms with van der Waals surface area (Å²) in [5.41, 5.74) is 10.7. The molecular weight excluding hydrogens is 749 g/mol.